The molecule has 2 N–H and O–H groups in total. The zero-order valence-electron chi connectivity index (χ0n) is 8.92. The summed E-state index contributed by atoms with van der Waals surface area (Å²) in [6.07, 6.45) is 6.61. The van der Waals surface area contributed by atoms with Crippen molar-refractivity contribution >= 4 is 11.3 Å². The highest BCUT2D eigenvalue weighted by Crippen LogP contribution is 2.46. The SMILES string of the molecule is CC1(C)CCCC1(N)Cc1cncs1. The van der Waals surface area contributed by atoms with Gasteiger partial charge in [-0.05, 0) is 18.3 Å². The van der Waals surface area contributed by atoms with E-state index in [9.17, 15) is 0 Å². The highest BCUT2D eigenvalue weighted by Gasteiger charge is 2.45. The van der Waals surface area contributed by atoms with Crippen LogP contribution in [0, 0.1) is 5.41 Å². The topological polar surface area (TPSA) is 38.9 Å². The van der Waals surface area contributed by atoms with Gasteiger partial charge in [0.2, 0.25) is 0 Å². The second kappa shape index (κ2) is 3.31. The maximum atomic E-state index is 6.51. The van der Waals surface area contributed by atoms with Gasteiger partial charge in [0.25, 0.3) is 0 Å². The predicted molar refractivity (Wildman–Crippen MR) is 60.4 cm³/mol. The molecule has 0 radical (unpaired) electrons. The molecule has 78 valence electrons. The van der Waals surface area contributed by atoms with Crippen molar-refractivity contribution in [2.75, 3.05) is 0 Å². The summed E-state index contributed by atoms with van der Waals surface area (Å²) < 4.78 is 0. The Morgan fingerprint density at radius 3 is 2.79 bits per heavy atom. The maximum Gasteiger partial charge on any atom is 0.0794 e. The highest BCUT2D eigenvalue weighted by atomic mass is 32.1. The van der Waals surface area contributed by atoms with Gasteiger partial charge in [-0.2, -0.15) is 0 Å². The van der Waals surface area contributed by atoms with E-state index in [2.05, 4.69) is 18.8 Å². The van der Waals surface area contributed by atoms with Gasteiger partial charge >= 0.3 is 0 Å². The van der Waals surface area contributed by atoms with Crippen LogP contribution in [-0.2, 0) is 6.42 Å². The lowest BCUT2D eigenvalue weighted by atomic mass is 9.73. The molecule has 0 spiro atoms. The number of thiazole rings is 1. The fourth-order valence-electron chi connectivity index (χ4n) is 2.40. The third-order valence-corrected chi connectivity index (χ3v) is 4.53. The summed E-state index contributed by atoms with van der Waals surface area (Å²) in [5.74, 6) is 0. The van der Waals surface area contributed by atoms with Crippen LogP contribution < -0.4 is 5.73 Å². The first-order chi connectivity index (χ1) is 6.54. The lowest BCUT2D eigenvalue weighted by Crippen LogP contribution is -2.50. The molecule has 0 saturated heterocycles. The molecule has 2 rings (SSSR count). The molecule has 1 heterocycles. The first-order valence-corrected chi connectivity index (χ1v) is 6.08. The molecule has 0 amide bonds. The fraction of sp³-hybridized carbons (Fsp3) is 0.727. The summed E-state index contributed by atoms with van der Waals surface area (Å²) in [5, 5.41) is 0. The minimum Gasteiger partial charge on any atom is -0.324 e. The van der Waals surface area contributed by atoms with Crippen molar-refractivity contribution in [1.82, 2.24) is 4.98 Å². The van der Waals surface area contributed by atoms with Gasteiger partial charge in [-0.1, -0.05) is 20.3 Å². The summed E-state index contributed by atoms with van der Waals surface area (Å²) in [5.41, 5.74) is 8.66. The first kappa shape index (κ1) is 10.1. The standard InChI is InChI=1S/C11H18N2S/c1-10(2)4-3-5-11(10,12)6-9-7-13-8-14-9/h7-8H,3-6,12H2,1-2H3. The molecule has 1 aliphatic rings. The van der Waals surface area contributed by atoms with Gasteiger partial charge in [0, 0.05) is 23.0 Å². The first-order valence-electron chi connectivity index (χ1n) is 5.20. The van der Waals surface area contributed by atoms with Crippen LogP contribution in [0.4, 0.5) is 0 Å². The summed E-state index contributed by atoms with van der Waals surface area (Å²) in [4.78, 5) is 5.43. The minimum atomic E-state index is -0.0144. The molecule has 0 aromatic carbocycles. The van der Waals surface area contributed by atoms with Gasteiger partial charge in [-0.15, -0.1) is 11.3 Å². The number of rotatable bonds is 2. The average Bonchev–Trinajstić information content (AvgIpc) is 2.63. The van der Waals surface area contributed by atoms with Crippen molar-refractivity contribution in [2.45, 2.75) is 45.1 Å². The van der Waals surface area contributed by atoms with Gasteiger partial charge in [-0.3, -0.25) is 4.98 Å². The van der Waals surface area contributed by atoms with E-state index < -0.39 is 0 Å². The van der Waals surface area contributed by atoms with E-state index in [1.54, 1.807) is 11.3 Å². The van der Waals surface area contributed by atoms with Crippen molar-refractivity contribution in [3.05, 3.63) is 16.6 Å². The number of hydrogen-bond acceptors (Lipinski definition) is 3. The van der Waals surface area contributed by atoms with E-state index in [1.807, 2.05) is 11.7 Å². The number of hydrogen-bond donors (Lipinski definition) is 1. The molecule has 2 nitrogen and oxygen atoms in total. The van der Waals surface area contributed by atoms with Gasteiger partial charge in [-0.25, -0.2) is 0 Å². The normalized spacial score (nSPS) is 30.8. The Hall–Kier alpha value is -0.410. The highest BCUT2D eigenvalue weighted by molar-refractivity contribution is 7.09. The average molecular weight is 210 g/mol. The number of aromatic nitrogens is 1. The van der Waals surface area contributed by atoms with E-state index >= 15 is 0 Å². The van der Waals surface area contributed by atoms with E-state index in [-0.39, 0.29) is 11.0 Å². The summed E-state index contributed by atoms with van der Waals surface area (Å²) >= 11 is 1.72. The maximum absolute atomic E-state index is 6.51. The molecule has 1 aromatic rings. The molecule has 1 atom stereocenters. The van der Waals surface area contributed by atoms with Crippen molar-refractivity contribution in [3.8, 4) is 0 Å². The molecule has 1 saturated carbocycles. The molecule has 1 aliphatic carbocycles. The molecule has 0 aliphatic heterocycles. The van der Waals surface area contributed by atoms with E-state index in [1.165, 1.54) is 17.7 Å². The Kier molecular flexibility index (Phi) is 2.40. The van der Waals surface area contributed by atoms with Crippen molar-refractivity contribution in [2.24, 2.45) is 11.1 Å². The molecular formula is C11H18N2S. The fourth-order valence-corrected chi connectivity index (χ4v) is 3.12. The Morgan fingerprint density at radius 2 is 2.29 bits per heavy atom. The Bertz CT molecular complexity index is 305. The second-order valence-corrected chi connectivity index (χ2v) is 6.01. The molecular weight excluding hydrogens is 192 g/mol. The van der Waals surface area contributed by atoms with Gasteiger partial charge in [0.05, 0.1) is 5.51 Å². The quantitative estimate of drug-likeness (QED) is 0.815. The Morgan fingerprint density at radius 1 is 1.50 bits per heavy atom. The van der Waals surface area contributed by atoms with Crippen molar-refractivity contribution in [3.63, 3.8) is 0 Å². The third-order valence-electron chi connectivity index (χ3n) is 3.75. The molecule has 0 bridgehead atoms. The molecule has 1 aromatic heterocycles. The summed E-state index contributed by atoms with van der Waals surface area (Å²) in [6, 6.07) is 0. The lowest BCUT2D eigenvalue weighted by Gasteiger charge is -2.38. The van der Waals surface area contributed by atoms with Gasteiger partial charge in [0.1, 0.15) is 0 Å². The summed E-state index contributed by atoms with van der Waals surface area (Å²) in [6.45, 7) is 4.59. The second-order valence-electron chi connectivity index (χ2n) is 5.04. The van der Waals surface area contributed by atoms with Gasteiger partial charge < -0.3 is 5.73 Å². The van der Waals surface area contributed by atoms with E-state index in [0.29, 0.717) is 0 Å². The lowest BCUT2D eigenvalue weighted by molar-refractivity contribution is 0.208. The van der Waals surface area contributed by atoms with Crippen LogP contribution in [0.1, 0.15) is 38.0 Å². The molecule has 3 heteroatoms. The number of nitrogens with two attached hydrogens (primary N) is 1. The molecule has 1 fully saturated rings. The van der Waals surface area contributed by atoms with Crippen molar-refractivity contribution < 1.29 is 0 Å². The van der Waals surface area contributed by atoms with Crippen LogP contribution in [0.5, 0.6) is 0 Å². The van der Waals surface area contributed by atoms with Crippen LogP contribution in [-0.4, -0.2) is 10.5 Å². The Labute approximate surface area is 89.5 Å². The van der Waals surface area contributed by atoms with Crippen LogP contribution in [0.3, 0.4) is 0 Å². The number of nitrogens with zero attached hydrogens (tertiary/aromatic N) is 1. The minimum absolute atomic E-state index is 0.0144. The smallest absolute Gasteiger partial charge is 0.0794 e. The molecule has 14 heavy (non-hydrogen) atoms. The van der Waals surface area contributed by atoms with E-state index in [0.717, 1.165) is 12.8 Å². The molecule has 1 unspecified atom stereocenters. The van der Waals surface area contributed by atoms with Gasteiger partial charge in [0.15, 0.2) is 0 Å². The monoisotopic (exact) mass is 210 g/mol. The van der Waals surface area contributed by atoms with Crippen LogP contribution in [0.2, 0.25) is 0 Å². The van der Waals surface area contributed by atoms with Crippen LogP contribution >= 0.6 is 11.3 Å². The van der Waals surface area contributed by atoms with E-state index in [4.69, 9.17) is 5.73 Å². The zero-order chi connectivity index (χ0) is 10.2. The third kappa shape index (κ3) is 1.59. The Balaban J connectivity index is 2.17. The van der Waals surface area contributed by atoms with Crippen LogP contribution in [0.25, 0.3) is 0 Å². The zero-order valence-corrected chi connectivity index (χ0v) is 9.73. The summed E-state index contributed by atoms with van der Waals surface area (Å²) in [7, 11) is 0. The van der Waals surface area contributed by atoms with Crippen LogP contribution in [0.15, 0.2) is 11.7 Å². The van der Waals surface area contributed by atoms with Crippen molar-refractivity contribution in [1.29, 1.82) is 0 Å². The largest absolute Gasteiger partial charge is 0.324 e. The predicted octanol–water partition coefficient (Wildman–Crippen LogP) is 2.59.